The highest BCUT2D eigenvalue weighted by atomic mass is 19.1. The van der Waals surface area contributed by atoms with Gasteiger partial charge in [0.05, 0.1) is 24.5 Å². The van der Waals surface area contributed by atoms with Gasteiger partial charge in [-0.25, -0.2) is 9.18 Å². The van der Waals surface area contributed by atoms with Crippen LogP contribution in [0.4, 0.5) is 4.39 Å². The van der Waals surface area contributed by atoms with Crippen molar-refractivity contribution < 1.29 is 19.0 Å². The molecule has 4 nitrogen and oxygen atoms in total. The van der Waals surface area contributed by atoms with Crippen LogP contribution in [0.25, 0.3) is 11.1 Å². The molecule has 0 atom stereocenters. The minimum atomic E-state index is -1.05. The summed E-state index contributed by atoms with van der Waals surface area (Å²) in [5.41, 5.74) is 4.46. The van der Waals surface area contributed by atoms with Crippen molar-refractivity contribution in [1.29, 1.82) is 0 Å². The first-order valence-electron chi connectivity index (χ1n) is 10.5. The maximum absolute atomic E-state index is 13.6. The van der Waals surface area contributed by atoms with Crippen LogP contribution < -0.4 is 0 Å². The first-order chi connectivity index (χ1) is 14.8. The molecule has 31 heavy (non-hydrogen) atoms. The van der Waals surface area contributed by atoms with Crippen LogP contribution in [-0.4, -0.2) is 16.1 Å². The van der Waals surface area contributed by atoms with Crippen LogP contribution in [0.5, 0.6) is 0 Å². The van der Waals surface area contributed by atoms with Gasteiger partial charge in [-0.15, -0.1) is 0 Å². The van der Waals surface area contributed by atoms with Gasteiger partial charge in [-0.1, -0.05) is 70.2 Å². The van der Waals surface area contributed by atoms with Crippen molar-refractivity contribution in [1.82, 2.24) is 4.98 Å². The largest absolute Gasteiger partial charge is 0.478 e. The normalized spacial score (nSPS) is 11.3. The maximum Gasteiger partial charge on any atom is 0.338 e. The Bertz CT molecular complexity index is 1040. The number of ether oxygens (including phenoxy) is 1. The molecule has 0 spiro atoms. The molecule has 2 aromatic carbocycles. The molecule has 0 saturated heterocycles. The van der Waals surface area contributed by atoms with Gasteiger partial charge in [-0.05, 0) is 35.1 Å². The summed E-state index contributed by atoms with van der Waals surface area (Å²) < 4.78 is 19.6. The molecule has 0 aliphatic carbocycles. The van der Waals surface area contributed by atoms with E-state index in [9.17, 15) is 14.3 Å². The van der Waals surface area contributed by atoms with Crippen molar-refractivity contribution >= 4 is 5.97 Å². The first kappa shape index (κ1) is 22.6. The van der Waals surface area contributed by atoms with Gasteiger partial charge >= 0.3 is 5.97 Å². The molecule has 0 amide bonds. The van der Waals surface area contributed by atoms with Crippen LogP contribution in [0.2, 0.25) is 0 Å². The van der Waals surface area contributed by atoms with E-state index in [-0.39, 0.29) is 29.8 Å². The van der Waals surface area contributed by atoms with E-state index in [0.29, 0.717) is 23.4 Å². The third-order valence-corrected chi connectivity index (χ3v) is 5.16. The summed E-state index contributed by atoms with van der Waals surface area (Å²) in [5, 5.41) is 10.1. The van der Waals surface area contributed by atoms with Crippen molar-refractivity contribution in [2.75, 3.05) is 0 Å². The van der Waals surface area contributed by atoms with E-state index < -0.39 is 5.97 Å². The fourth-order valence-electron chi connectivity index (χ4n) is 3.70. The number of benzene rings is 2. The number of carboxylic acids is 1. The molecule has 0 fully saturated rings. The molecule has 0 radical (unpaired) electrons. The van der Waals surface area contributed by atoms with Crippen LogP contribution in [0.3, 0.4) is 0 Å². The summed E-state index contributed by atoms with van der Waals surface area (Å²) in [6.07, 6.45) is 0. The quantitative estimate of drug-likeness (QED) is 0.448. The lowest BCUT2D eigenvalue weighted by molar-refractivity contribution is 0.0694. The van der Waals surface area contributed by atoms with Crippen molar-refractivity contribution in [3.63, 3.8) is 0 Å². The lowest BCUT2D eigenvalue weighted by Crippen LogP contribution is -2.16. The third kappa shape index (κ3) is 5.17. The topological polar surface area (TPSA) is 59.4 Å². The zero-order chi connectivity index (χ0) is 22.5. The average Bonchev–Trinajstić information content (AvgIpc) is 2.74. The number of hydrogen-bond donors (Lipinski definition) is 1. The van der Waals surface area contributed by atoms with Gasteiger partial charge in [-0.3, -0.25) is 4.98 Å². The fourth-order valence-corrected chi connectivity index (χ4v) is 3.70. The number of carbonyl (C=O) groups is 1. The molecule has 3 rings (SSSR count). The van der Waals surface area contributed by atoms with Crippen LogP contribution in [0.15, 0.2) is 54.6 Å². The molecule has 0 bridgehead atoms. The molecule has 0 unspecified atom stereocenters. The van der Waals surface area contributed by atoms with Crippen LogP contribution in [0, 0.1) is 5.82 Å². The Balaban J connectivity index is 2.18. The van der Waals surface area contributed by atoms with Crippen molar-refractivity contribution in [3.05, 3.63) is 88.5 Å². The Morgan fingerprint density at radius 1 is 0.935 bits per heavy atom. The van der Waals surface area contributed by atoms with E-state index in [4.69, 9.17) is 9.72 Å². The summed E-state index contributed by atoms with van der Waals surface area (Å²) >= 11 is 0. The minimum Gasteiger partial charge on any atom is -0.478 e. The average molecular weight is 422 g/mol. The SMILES string of the molecule is CC(C)c1nc(C(C)C)c(C(=O)O)c(-c2ccc(F)cc2)c1COCc1ccccc1. The van der Waals surface area contributed by atoms with Gasteiger partial charge in [-0.2, -0.15) is 0 Å². The van der Waals surface area contributed by atoms with Gasteiger partial charge in [0.1, 0.15) is 5.82 Å². The Labute approximate surface area is 182 Å². The number of carboxylic acid groups (broad SMARTS) is 1. The monoisotopic (exact) mass is 421 g/mol. The summed E-state index contributed by atoms with van der Waals surface area (Å²) in [6, 6.07) is 15.7. The molecule has 0 aliphatic rings. The zero-order valence-electron chi connectivity index (χ0n) is 18.4. The molecule has 1 heterocycles. The van der Waals surface area contributed by atoms with Gasteiger partial charge in [0.25, 0.3) is 0 Å². The molecule has 1 aromatic heterocycles. The molecule has 5 heteroatoms. The summed E-state index contributed by atoms with van der Waals surface area (Å²) in [7, 11) is 0. The van der Waals surface area contributed by atoms with E-state index in [0.717, 1.165) is 16.8 Å². The van der Waals surface area contributed by atoms with Crippen LogP contribution in [-0.2, 0) is 18.0 Å². The second kappa shape index (κ2) is 9.84. The minimum absolute atomic E-state index is 0.0647. The van der Waals surface area contributed by atoms with Crippen molar-refractivity contribution in [2.45, 2.75) is 52.7 Å². The van der Waals surface area contributed by atoms with E-state index in [1.54, 1.807) is 12.1 Å². The van der Waals surface area contributed by atoms with Gasteiger partial charge in [0.15, 0.2) is 0 Å². The second-order valence-electron chi connectivity index (χ2n) is 8.21. The Hall–Kier alpha value is -3.05. The lowest BCUT2D eigenvalue weighted by Gasteiger charge is -2.23. The standard InChI is InChI=1S/C26H28FNO3/c1-16(2)24-21(15-31-14-18-8-6-5-7-9-18)22(19-10-12-20(27)13-11-19)23(26(29)30)25(28-24)17(3)4/h5-13,16-17H,14-15H2,1-4H3,(H,29,30). The molecule has 0 saturated carbocycles. The molecular formula is C26H28FNO3. The Morgan fingerprint density at radius 2 is 1.55 bits per heavy atom. The molecular weight excluding hydrogens is 393 g/mol. The number of aromatic carboxylic acids is 1. The van der Waals surface area contributed by atoms with E-state index >= 15 is 0 Å². The van der Waals surface area contributed by atoms with Crippen molar-refractivity contribution in [2.24, 2.45) is 0 Å². The second-order valence-corrected chi connectivity index (χ2v) is 8.21. The molecule has 1 N–H and O–H groups in total. The Morgan fingerprint density at radius 3 is 2.10 bits per heavy atom. The molecule has 0 aliphatic heterocycles. The van der Waals surface area contributed by atoms with E-state index in [2.05, 4.69) is 0 Å². The number of halogens is 1. The highest BCUT2D eigenvalue weighted by Crippen LogP contribution is 2.37. The molecule has 162 valence electrons. The van der Waals surface area contributed by atoms with Crippen molar-refractivity contribution in [3.8, 4) is 11.1 Å². The van der Waals surface area contributed by atoms with E-state index in [1.165, 1.54) is 12.1 Å². The van der Waals surface area contributed by atoms with Crippen LogP contribution >= 0.6 is 0 Å². The third-order valence-electron chi connectivity index (χ3n) is 5.16. The predicted octanol–water partition coefficient (Wildman–Crippen LogP) is 6.55. The lowest BCUT2D eigenvalue weighted by atomic mass is 9.87. The number of rotatable bonds is 8. The number of nitrogens with zero attached hydrogens (tertiary/aromatic N) is 1. The number of aromatic nitrogens is 1. The number of pyridine rings is 1. The maximum atomic E-state index is 13.6. The van der Waals surface area contributed by atoms with Gasteiger partial charge in [0.2, 0.25) is 0 Å². The molecule has 3 aromatic rings. The summed E-state index contributed by atoms with van der Waals surface area (Å²) in [5.74, 6) is -1.43. The predicted molar refractivity (Wildman–Crippen MR) is 120 cm³/mol. The first-order valence-corrected chi connectivity index (χ1v) is 10.5. The smallest absolute Gasteiger partial charge is 0.338 e. The van der Waals surface area contributed by atoms with E-state index in [1.807, 2.05) is 58.0 Å². The highest BCUT2D eigenvalue weighted by molar-refractivity contribution is 5.98. The Kier molecular flexibility index (Phi) is 7.18. The zero-order valence-corrected chi connectivity index (χ0v) is 18.4. The van der Waals surface area contributed by atoms with Gasteiger partial charge < -0.3 is 9.84 Å². The number of hydrogen-bond acceptors (Lipinski definition) is 3. The summed E-state index contributed by atoms with van der Waals surface area (Å²) in [6.45, 7) is 8.53. The van der Waals surface area contributed by atoms with Gasteiger partial charge in [0, 0.05) is 16.8 Å². The highest BCUT2D eigenvalue weighted by Gasteiger charge is 2.27. The summed E-state index contributed by atoms with van der Waals surface area (Å²) in [4.78, 5) is 17.1. The van der Waals surface area contributed by atoms with Crippen LogP contribution in [0.1, 0.15) is 72.4 Å². The fraction of sp³-hybridized carbons (Fsp3) is 0.308.